The van der Waals surface area contributed by atoms with Crippen LogP contribution in [-0.4, -0.2) is 54.4 Å². The number of rotatable bonds is 7. The Morgan fingerprint density at radius 3 is 3.00 bits per heavy atom. The maximum atomic E-state index is 12.6. The van der Waals surface area contributed by atoms with Crippen LogP contribution in [0, 0.1) is 0 Å². The number of carbonyl (C=O) groups is 1. The van der Waals surface area contributed by atoms with Gasteiger partial charge in [0.1, 0.15) is 17.1 Å². The first-order chi connectivity index (χ1) is 14.1. The van der Waals surface area contributed by atoms with Crippen LogP contribution in [0.15, 0.2) is 41.8 Å². The molecule has 150 valence electrons. The molecular weight excluding hydrogens is 390 g/mol. The van der Waals surface area contributed by atoms with Gasteiger partial charge in [0.05, 0.1) is 19.0 Å². The van der Waals surface area contributed by atoms with E-state index in [1.807, 2.05) is 36.7 Å². The fraction of sp³-hybridized carbons (Fsp3) is 0.263. The lowest BCUT2D eigenvalue weighted by Crippen LogP contribution is -2.40. The number of aromatic amines is 1. The van der Waals surface area contributed by atoms with E-state index in [2.05, 4.69) is 25.3 Å². The normalized spacial score (nSPS) is 12.5. The molecule has 0 saturated carbocycles. The zero-order valence-electron chi connectivity index (χ0n) is 15.8. The Morgan fingerprint density at radius 1 is 1.38 bits per heavy atom. The average Bonchev–Trinajstić information content (AvgIpc) is 3.31. The van der Waals surface area contributed by atoms with Crippen LogP contribution in [0.4, 0.5) is 5.95 Å². The molecular formula is C19H21N7O2S. The van der Waals surface area contributed by atoms with E-state index < -0.39 is 6.04 Å². The van der Waals surface area contributed by atoms with Gasteiger partial charge in [0.2, 0.25) is 11.9 Å². The number of para-hydroxylation sites is 1. The molecule has 10 heteroatoms. The number of nitrogens with two attached hydrogens (primary N) is 1. The first kappa shape index (κ1) is 19.2. The van der Waals surface area contributed by atoms with E-state index in [0.29, 0.717) is 22.6 Å². The van der Waals surface area contributed by atoms with Gasteiger partial charge in [-0.25, -0.2) is 9.97 Å². The molecule has 9 nitrogen and oxygen atoms in total. The molecule has 0 radical (unpaired) electrons. The van der Waals surface area contributed by atoms with Crippen molar-refractivity contribution in [1.29, 1.82) is 0 Å². The highest BCUT2D eigenvalue weighted by molar-refractivity contribution is 7.98. The average molecular weight is 411 g/mol. The highest BCUT2D eigenvalue weighted by Crippen LogP contribution is 2.23. The summed E-state index contributed by atoms with van der Waals surface area (Å²) in [6, 6.07) is 7.53. The number of hydrogen-bond acceptors (Lipinski definition) is 7. The first-order valence-electron chi connectivity index (χ1n) is 9.06. The van der Waals surface area contributed by atoms with Crippen molar-refractivity contribution in [1.82, 2.24) is 29.8 Å². The van der Waals surface area contributed by atoms with Crippen molar-refractivity contribution >= 4 is 45.7 Å². The second-order valence-electron chi connectivity index (χ2n) is 6.65. The van der Waals surface area contributed by atoms with E-state index in [9.17, 15) is 9.90 Å². The molecule has 29 heavy (non-hydrogen) atoms. The number of nitrogens with one attached hydrogen (secondary N) is 2. The van der Waals surface area contributed by atoms with E-state index in [4.69, 9.17) is 5.73 Å². The van der Waals surface area contributed by atoms with Gasteiger partial charge in [0, 0.05) is 17.1 Å². The van der Waals surface area contributed by atoms with E-state index in [1.54, 1.807) is 10.9 Å². The molecule has 4 aromatic rings. The van der Waals surface area contributed by atoms with Crippen molar-refractivity contribution in [2.45, 2.75) is 24.0 Å². The number of fused-ring (bicyclic) bond motifs is 2. The van der Waals surface area contributed by atoms with Gasteiger partial charge in [-0.3, -0.25) is 4.79 Å². The van der Waals surface area contributed by atoms with Gasteiger partial charge in [-0.2, -0.15) is 4.98 Å². The van der Waals surface area contributed by atoms with Gasteiger partial charge in [0.15, 0.2) is 5.65 Å². The molecule has 0 aliphatic heterocycles. The molecule has 3 aromatic heterocycles. The van der Waals surface area contributed by atoms with Crippen molar-refractivity contribution < 1.29 is 9.90 Å². The molecule has 0 unspecified atom stereocenters. The third kappa shape index (κ3) is 3.89. The summed E-state index contributed by atoms with van der Waals surface area (Å²) in [5.74, 6) is -0.109. The minimum absolute atomic E-state index is 0.0190. The molecule has 3 heterocycles. The predicted molar refractivity (Wildman–Crippen MR) is 113 cm³/mol. The second kappa shape index (κ2) is 8.10. The maximum Gasteiger partial charge on any atom is 0.240 e. The Kier molecular flexibility index (Phi) is 5.36. The van der Waals surface area contributed by atoms with Crippen LogP contribution in [0.2, 0.25) is 0 Å². The number of amides is 1. The lowest BCUT2D eigenvalue weighted by Gasteiger charge is -2.16. The number of aliphatic hydroxyl groups excluding tert-OH is 1. The molecule has 0 fully saturated rings. The lowest BCUT2D eigenvalue weighted by molar-refractivity contribution is -0.122. The van der Waals surface area contributed by atoms with Gasteiger partial charge in [-0.15, -0.1) is 11.8 Å². The number of aromatic nitrogens is 5. The van der Waals surface area contributed by atoms with Gasteiger partial charge in [0.25, 0.3) is 0 Å². The summed E-state index contributed by atoms with van der Waals surface area (Å²) < 4.78 is 1.63. The van der Waals surface area contributed by atoms with Crippen LogP contribution in [0.5, 0.6) is 0 Å². The number of carbonyl (C=O) groups excluding carboxylic acids is 1. The van der Waals surface area contributed by atoms with Crippen molar-refractivity contribution in [3.8, 4) is 0 Å². The number of H-pyrrole nitrogens is 1. The van der Waals surface area contributed by atoms with Gasteiger partial charge in [-0.1, -0.05) is 18.2 Å². The number of hydrogen-bond donors (Lipinski definition) is 4. The number of anilines is 1. The van der Waals surface area contributed by atoms with Crippen LogP contribution in [-0.2, 0) is 17.8 Å². The molecule has 1 amide bonds. The third-order valence-corrected chi connectivity index (χ3v) is 5.35. The zero-order valence-corrected chi connectivity index (χ0v) is 16.6. The van der Waals surface area contributed by atoms with Crippen molar-refractivity contribution in [3.05, 3.63) is 42.4 Å². The second-order valence-corrected chi connectivity index (χ2v) is 7.44. The predicted octanol–water partition coefficient (Wildman–Crippen LogP) is 1.33. The maximum absolute atomic E-state index is 12.6. The molecule has 0 aliphatic carbocycles. The summed E-state index contributed by atoms with van der Waals surface area (Å²) in [6.07, 6.45) is 5.85. The fourth-order valence-corrected chi connectivity index (χ4v) is 3.87. The van der Waals surface area contributed by atoms with E-state index >= 15 is 0 Å². The molecule has 5 N–H and O–H groups in total. The minimum Gasteiger partial charge on any atom is -0.394 e. The van der Waals surface area contributed by atoms with Gasteiger partial charge in [-0.05, 0) is 24.3 Å². The first-order valence-corrected chi connectivity index (χ1v) is 10.3. The van der Waals surface area contributed by atoms with Crippen LogP contribution in [0.3, 0.4) is 0 Å². The number of thioether (sulfide) groups is 1. The minimum atomic E-state index is -0.405. The Balaban J connectivity index is 1.48. The Labute approximate surface area is 170 Å². The Hall–Kier alpha value is -3.11. The topological polar surface area (TPSA) is 135 Å². The SMILES string of the molecule is CSc1nc(N)nc2c1ncn2CC(=O)N[C@H](CO)Cc1c[nH]c2ccccc12. The molecule has 1 aromatic carbocycles. The number of benzene rings is 1. The number of aliphatic hydroxyl groups is 1. The largest absolute Gasteiger partial charge is 0.394 e. The highest BCUT2D eigenvalue weighted by Gasteiger charge is 2.17. The van der Waals surface area contributed by atoms with Gasteiger partial charge >= 0.3 is 0 Å². The van der Waals surface area contributed by atoms with E-state index in [0.717, 1.165) is 16.5 Å². The molecule has 4 rings (SSSR count). The summed E-state index contributed by atoms with van der Waals surface area (Å²) in [5.41, 5.74) is 8.95. The Morgan fingerprint density at radius 2 is 2.21 bits per heavy atom. The number of imidazole rings is 1. The third-order valence-electron chi connectivity index (χ3n) is 4.68. The quantitative estimate of drug-likeness (QED) is 0.266. The summed E-state index contributed by atoms with van der Waals surface area (Å²) >= 11 is 1.42. The smallest absolute Gasteiger partial charge is 0.240 e. The number of nitrogens with zero attached hydrogens (tertiary/aromatic N) is 4. The number of nitrogen functional groups attached to an aromatic ring is 1. The summed E-state index contributed by atoms with van der Waals surface area (Å²) in [4.78, 5) is 28.5. The standard InChI is InChI=1S/C19H21N7O2S/c1-29-18-16-17(24-19(20)25-18)26(10-22-16)8-15(28)23-12(9-27)6-11-7-21-14-5-3-2-4-13(11)14/h2-5,7,10,12,21,27H,6,8-9H2,1H3,(H,23,28)(H2,20,24,25)/t12-/m0/s1. The van der Waals surface area contributed by atoms with Crippen molar-refractivity contribution in [2.24, 2.45) is 0 Å². The molecule has 0 spiro atoms. The van der Waals surface area contributed by atoms with E-state index in [1.165, 1.54) is 11.8 Å². The van der Waals surface area contributed by atoms with Crippen molar-refractivity contribution in [3.63, 3.8) is 0 Å². The summed E-state index contributed by atoms with van der Waals surface area (Å²) in [7, 11) is 0. The fourth-order valence-electron chi connectivity index (χ4n) is 3.35. The monoisotopic (exact) mass is 411 g/mol. The Bertz CT molecular complexity index is 1170. The van der Waals surface area contributed by atoms with Crippen LogP contribution in [0.1, 0.15) is 5.56 Å². The molecule has 0 aliphatic rings. The van der Waals surface area contributed by atoms with Crippen molar-refractivity contribution in [2.75, 3.05) is 18.6 Å². The van der Waals surface area contributed by atoms with Crippen LogP contribution in [0.25, 0.3) is 22.1 Å². The highest BCUT2D eigenvalue weighted by atomic mass is 32.2. The van der Waals surface area contributed by atoms with E-state index in [-0.39, 0.29) is 25.0 Å². The summed E-state index contributed by atoms with van der Waals surface area (Å²) in [6.45, 7) is -0.146. The molecule has 0 saturated heterocycles. The molecule has 1 atom stereocenters. The van der Waals surface area contributed by atoms with Crippen LogP contribution >= 0.6 is 11.8 Å². The lowest BCUT2D eigenvalue weighted by atomic mass is 10.1. The molecule has 0 bridgehead atoms. The van der Waals surface area contributed by atoms with Gasteiger partial charge < -0.3 is 25.7 Å². The zero-order chi connectivity index (χ0) is 20.4. The summed E-state index contributed by atoms with van der Waals surface area (Å²) in [5, 5.41) is 14.4. The van der Waals surface area contributed by atoms with Crippen LogP contribution < -0.4 is 11.1 Å².